The third-order valence-corrected chi connectivity index (χ3v) is 5.10. The normalized spacial score (nSPS) is 10.9. The molecule has 4 heteroatoms. The van der Waals surface area contributed by atoms with Gasteiger partial charge in [0, 0.05) is 29.3 Å². The predicted molar refractivity (Wildman–Crippen MR) is 116 cm³/mol. The van der Waals surface area contributed by atoms with Gasteiger partial charge in [0.25, 0.3) is 0 Å². The van der Waals surface area contributed by atoms with Gasteiger partial charge in [-0.1, -0.05) is 43.0 Å². The molecule has 4 rings (SSSR count). The molecule has 29 heavy (non-hydrogen) atoms. The maximum Gasteiger partial charge on any atom is 0.303 e. The summed E-state index contributed by atoms with van der Waals surface area (Å²) in [7, 11) is 0. The van der Waals surface area contributed by atoms with Crippen LogP contribution in [0.25, 0.3) is 33.8 Å². The van der Waals surface area contributed by atoms with E-state index in [2.05, 4.69) is 29.5 Å². The molecule has 144 valence electrons. The van der Waals surface area contributed by atoms with E-state index in [4.69, 9.17) is 5.11 Å². The molecular formula is C25H21NO3. The summed E-state index contributed by atoms with van der Waals surface area (Å²) < 4.78 is 2.09. The summed E-state index contributed by atoms with van der Waals surface area (Å²) >= 11 is 0. The Morgan fingerprint density at radius 1 is 1.00 bits per heavy atom. The molecule has 0 spiro atoms. The van der Waals surface area contributed by atoms with Crippen molar-refractivity contribution in [1.82, 2.24) is 4.57 Å². The van der Waals surface area contributed by atoms with Gasteiger partial charge < -0.3 is 14.8 Å². The Balaban J connectivity index is 1.94. The number of carboxylic acids is 1. The number of aliphatic carboxylic acids is 1. The van der Waals surface area contributed by atoms with E-state index in [1.807, 2.05) is 48.5 Å². The summed E-state index contributed by atoms with van der Waals surface area (Å²) in [6.07, 6.45) is 4.51. The number of aromatic nitrogens is 1. The molecule has 4 nitrogen and oxygen atoms in total. The van der Waals surface area contributed by atoms with Crippen molar-refractivity contribution in [2.45, 2.75) is 12.8 Å². The van der Waals surface area contributed by atoms with Crippen molar-refractivity contribution in [2.75, 3.05) is 0 Å². The number of hydrogen-bond acceptors (Lipinski definition) is 2. The number of aryl methyl sites for hydroxylation is 1. The van der Waals surface area contributed by atoms with Crippen molar-refractivity contribution < 1.29 is 15.0 Å². The molecule has 1 heterocycles. The molecule has 3 aromatic carbocycles. The Morgan fingerprint density at radius 2 is 1.76 bits per heavy atom. The number of rotatable bonds is 6. The van der Waals surface area contributed by atoms with Crippen LogP contribution in [0.2, 0.25) is 0 Å². The Bertz CT molecular complexity index is 1200. The highest BCUT2D eigenvalue weighted by Crippen LogP contribution is 2.36. The summed E-state index contributed by atoms with van der Waals surface area (Å²) in [5.41, 5.74) is 6.10. The molecule has 0 unspecified atom stereocenters. The van der Waals surface area contributed by atoms with Crippen LogP contribution in [0.3, 0.4) is 0 Å². The van der Waals surface area contributed by atoms with Crippen LogP contribution in [0.5, 0.6) is 5.75 Å². The summed E-state index contributed by atoms with van der Waals surface area (Å²) in [6, 6.07) is 21.2. The molecular weight excluding hydrogens is 362 g/mol. The summed E-state index contributed by atoms with van der Waals surface area (Å²) in [6.45, 7) is 3.94. The van der Waals surface area contributed by atoms with E-state index in [9.17, 15) is 9.90 Å². The minimum absolute atomic E-state index is 0.1000. The second kappa shape index (κ2) is 7.68. The Hall–Kier alpha value is -3.79. The van der Waals surface area contributed by atoms with Gasteiger partial charge in [-0.25, -0.2) is 0 Å². The number of carboxylic acid groups (broad SMARTS) is 1. The lowest BCUT2D eigenvalue weighted by Crippen LogP contribution is -1.97. The summed E-state index contributed by atoms with van der Waals surface area (Å²) in [5.74, 6) is -0.581. The van der Waals surface area contributed by atoms with E-state index in [1.165, 1.54) is 0 Å². The van der Waals surface area contributed by atoms with Crippen LogP contribution < -0.4 is 0 Å². The molecule has 1 aromatic heterocycles. The van der Waals surface area contributed by atoms with Crippen molar-refractivity contribution >= 4 is 22.9 Å². The lowest BCUT2D eigenvalue weighted by molar-refractivity contribution is -0.136. The van der Waals surface area contributed by atoms with Crippen LogP contribution in [0, 0.1) is 0 Å². The number of phenols is 1. The van der Waals surface area contributed by atoms with E-state index in [0.717, 1.165) is 38.8 Å². The average Bonchev–Trinajstić information content (AvgIpc) is 3.11. The number of hydrogen-bond donors (Lipinski definition) is 2. The molecule has 0 aliphatic rings. The number of phenolic OH excluding ortho intramolecular Hbond substituents is 1. The average molecular weight is 383 g/mol. The van der Waals surface area contributed by atoms with Crippen LogP contribution >= 0.6 is 0 Å². The van der Waals surface area contributed by atoms with Gasteiger partial charge in [0.05, 0.1) is 5.52 Å². The molecule has 0 radical (unpaired) electrons. The van der Waals surface area contributed by atoms with E-state index >= 15 is 0 Å². The number of benzene rings is 3. The first-order valence-corrected chi connectivity index (χ1v) is 9.44. The van der Waals surface area contributed by atoms with Gasteiger partial charge in [-0.15, -0.1) is 0 Å². The van der Waals surface area contributed by atoms with Crippen LogP contribution in [0.1, 0.15) is 17.5 Å². The van der Waals surface area contributed by atoms with Crippen LogP contribution in [0.4, 0.5) is 0 Å². The maximum absolute atomic E-state index is 11.0. The minimum atomic E-state index is -0.802. The summed E-state index contributed by atoms with van der Waals surface area (Å²) in [4.78, 5) is 11.0. The van der Waals surface area contributed by atoms with Crippen molar-refractivity contribution in [3.63, 3.8) is 0 Å². The first-order chi connectivity index (χ1) is 14.1. The van der Waals surface area contributed by atoms with Crippen molar-refractivity contribution in [2.24, 2.45) is 0 Å². The van der Waals surface area contributed by atoms with Gasteiger partial charge >= 0.3 is 5.97 Å². The highest BCUT2D eigenvalue weighted by Gasteiger charge is 2.14. The topological polar surface area (TPSA) is 62.5 Å². The second-order valence-corrected chi connectivity index (χ2v) is 6.97. The lowest BCUT2D eigenvalue weighted by atomic mass is 9.97. The molecule has 0 amide bonds. The first kappa shape index (κ1) is 18.6. The van der Waals surface area contributed by atoms with Gasteiger partial charge in [-0.3, -0.25) is 4.79 Å². The highest BCUT2D eigenvalue weighted by molar-refractivity contribution is 5.99. The van der Waals surface area contributed by atoms with Gasteiger partial charge in [-0.2, -0.15) is 0 Å². The van der Waals surface area contributed by atoms with Crippen LogP contribution in [-0.2, 0) is 11.2 Å². The predicted octanol–water partition coefficient (Wildman–Crippen LogP) is 5.66. The second-order valence-electron chi connectivity index (χ2n) is 6.97. The molecule has 0 aliphatic carbocycles. The molecule has 4 aromatic rings. The fourth-order valence-corrected chi connectivity index (χ4v) is 3.65. The van der Waals surface area contributed by atoms with Gasteiger partial charge in [0.2, 0.25) is 0 Å². The Kier molecular flexibility index (Phi) is 4.92. The Morgan fingerprint density at radius 3 is 2.48 bits per heavy atom. The molecule has 0 bridgehead atoms. The molecule has 0 fully saturated rings. The fourth-order valence-electron chi connectivity index (χ4n) is 3.65. The standard InChI is InChI=1S/C25H21NO3/c1-2-18-5-3-4-6-21(18)23-16-26(19-9-11-20(27)12-10-19)24-13-7-17(15-22(23)24)8-14-25(28)29/h2-7,9-13,15-16,27H,1,8,14H2,(H,28,29). The number of fused-ring (bicyclic) bond motifs is 1. The van der Waals surface area contributed by atoms with E-state index in [-0.39, 0.29) is 12.2 Å². The zero-order chi connectivity index (χ0) is 20.4. The third kappa shape index (κ3) is 3.65. The minimum Gasteiger partial charge on any atom is -0.508 e. The zero-order valence-electron chi connectivity index (χ0n) is 15.9. The van der Waals surface area contributed by atoms with Crippen molar-refractivity contribution in [1.29, 1.82) is 0 Å². The molecule has 2 N–H and O–H groups in total. The third-order valence-electron chi connectivity index (χ3n) is 5.10. The lowest BCUT2D eigenvalue weighted by Gasteiger charge is -2.06. The Labute approximate surface area is 169 Å². The highest BCUT2D eigenvalue weighted by atomic mass is 16.4. The molecule has 0 atom stereocenters. The summed E-state index contributed by atoms with van der Waals surface area (Å²) in [5, 5.41) is 19.7. The molecule has 0 aliphatic heterocycles. The first-order valence-electron chi connectivity index (χ1n) is 9.44. The van der Waals surface area contributed by atoms with Gasteiger partial charge in [0.1, 0.15) is 5.75 Å². The van der Waals surface area contributed by atoms with Crippen molar-refractivity contribution in [3.8, 4) is 22.6 Å². The number of nitrogens with zero attached hydrogens (tertiary/aromatic N) is 1. The molecule has 0 saturated carbocycles. The zero-order valence-corrected chi connectivity index (χ0v) is 15.9. The maximum atomic E-state index is 11.0. The quantitative estimate of drug-likeness (QED) is 0.451. The smallest absolute Gasteiger partial charge is 0.303 e. The van der Waals surface area contributed by atoms with Crippen molar-refractivity contribution in [3.05, 3.63) is 90.6 Å². The van der Waals surface area contributed by atoms with Crippen LogP contribution in [-0.4, -0.2) is 20.7 Å². The number of aromatic hydroxyl groups is 1. The van der Waals surface area contributed by atoms with Gasteiger partial charge in [-0.05, 0) is 59.5 Å². The fraction of sp³-hybridized carbons (Fsp3) is 0.0800. The monoisotopic (exact) mass is 383 g/mol. The van der Waals surface area contributed by atoms with Gasteiger partial charge in [0.15, 0.2) is 0 Å². The SMILES string of the molecule is C=Cc1ccccc1-c1cn(-c2ccc(O)cc2)c2ccc(CCC(=O)O)cc12. The van der Waals surface area contributed by atoms with E-state index in [0.29, 0.717) is 6.42 Å². The largest absolute Gasteiger partial charge is 0.508 e. The van der Waals surface area contributed by atoms with E-state index < -0.39 is 5.97 Å². The molecule has 0 saturated heterocycles. The number of carbonyl (C=O) groups is 1. The van der Waals surface area contributed by atoms with E-state index in [1.54, 1.807) is 12.1 Å². The van der Waals surface area contributed by atoms with Crippen LogP contribution in [0.15, 0.2) is 79.5 Å².